The summed E-state index contributed by atoms with van der Waals surface area (Å²) < 4.78 is 16.6. The summed E-state index contributed by atoms with van der Waals surface area (Å²) >= 11 is 1.64. The molecule has 82 valence electrons. The molecule has 0 spiro atoms. The van der Waals surface area contributed by atoms with Crippen molar-refractivity contribution in [3.05, 3.63) is 21.9 Å². The SMILES string of the molecule is CC(C)c1csc(C#CCOCCF)c1. The van der Waals surface area contributed by atoms with Gasteiger partial charge in [-0.25, -0.2) is 4.39 Å². The van der Waals surface area contributed by atoms with Crippen LogP contribution >= 0.6 is 11.3 Å². The van der Waals surface area contributed by atoms with Gasteiger partial charge in [-0.2, -0.15) is 0 Å². The van der Waals surface area contributed by atoms with Gasteiger partial charge in [0.05, 0.1) is 11.5 Å². The molecule has 15 heavy (non-hydrogen) atoms. The Labute approximate surface area is 94.3 Å². The second-order valence-electron chi connectivity index (χ2n) is 3.44. The Morgan fingerprint density at radius 2 is 2.33 bits per heavy atom. The molecule has 0 saturated heterocycles. The van der Waals surface area contributed by atoms with Crippen LogP contribution in [-0.2, 0) is 4.74 Å². The maximum Gasteiger partial charge on any atom is 0.113 e. The lowest BCUT2D eigenvalue weighted by molar-refractivity contribution is 0.148. The Hall–Kier alpha value is -0.850. The summed E-state index contributed by atoms with van der Waals surface area (Å²) in [4.78, 5) is 1.04. The zero-order valence-corrected chi connectivity index (χ0v) is 9.86. The van der Waals surface area contributed by atoms with E-state index in [0.29, 0.717) is 12.5 Å². The minimum Gasteiger partial charge on any atom is -0.366 e. The molecule has 0 aliphatic carbocycles. The first kappa shape index (κ1) is 12.2. The van der Waals surface area contributed by atoms with Crippen LogP contribution in [0.25, 0.3) is 0 Å². The Kier molecular flexibility index (Phi) is 5.38. The van der Waals surface area contributed by atoms with E-state index in [2.05, 4.69) is 37.1 Å². The van der Waals surface area contributed by atoms with Crippen LogP contribution in [0.5, 0.6) is 0 Å². The highest BCUT2D eigenvalue weighted by Crippen LogP contribution is 2.20. The molecule has 1 aromatic heterocycles. The molecule has 0 radical (unpaired) electrons. The zero-order valence-electron chi connectivity index (χ0n) is 9.05. The minimum absolute atomic E-state index is 0.135. The number of alkyl halides is 1. The molecule has 0 aromatic carbocycles. The summed E-state index contributed by atoms with van der Waals surface area (Å²) in [5.41, 5.74) is 1.31. The Morgan fingerprint density at radius 3 is 2.93 bits per heavy atom. The van der Waals surface area contributed by atoms with Crippen LogP contribution in [0.2, 0.25) is 0 Å². The topological polar surface area (TPSA) is 9.23 Å². The molecule has 0 fully saturated rings. The second kappa shape index (κ2) is 6.60. The van der Waals surface area contributed by atoms with Crippen molar-refractivity contribution in [2.75, 3.05) is 19.9 Å². The van der Waals surface area contributed by atoms with E-state index in [1.807, 2.05) is 0 Å². The van der Waals surface area contributed by atoms with E-state index in [9.17, 15) is 4.39 Å². The lowest BCUT2D eigenvalue weighted by Crippen LogP contribution is -1.95. The van der Waals surface area contributed by atoms with Gasteiger partial charge in [-0.1, -0.05) is 25.7 Å². The largest absolute Gasteiger partial charge is 0.366 e. The first-order valence-corrected chi connectivity index (χ1v) is 5.83. The highest BCUT2D eigenvalue weighted by atomic mass is 32.1. The van der Waals surface area contributed by atoms with E-state index < -0.39 is 6.67 Å². The van der Waals surface area contributed by atoms with Crippen molar-refractivity contribution < 1.29 is 9.13 Å². The monoisotopic (exact) mass is 226 g/mol. The second-order valence-corrected chi connectivity index (χ2v) is 4.35. The molecule has 3 heteroatoms. The Bertz CT molecular complexity index is 346. The molecular formula is C12H15FOS. The number of hydrogen-bond acceptors (Lipinski definition) is 2. The summed E-state index contributed by atoms with van der Waals surface area (Å²) in [6.45, 7) is 4.31. The van der Waals surface area contributed by atoms with Crippen LogP contribution in [0.3, 0.4) is 0 Å². The Balaban J connectivity index is 2.42. The van der Waals surface area contributed by atoms with Crippen LogP contribution in [0.15, 0.2) is 11.4 Å². The fourth-order valence-electron chi connectivity index (χ4n) is 1.02. The fraction of sp³-hybridized carbons (Fsp3) is 0.500. The average Bonchev–Trinajstić information content (AvgIpc) is 2.66. The fourth-order valence-corrected chi connectivity index (χ4v) is 1.96. The number of halogens is 1. The van der Waals surface area contributed by atoms with E-state index in [1.54, 1.807) is 11.3 Å². The molecule has 0 unspecified atom stereocenters. The summed E-state index contributed by atoms with van der Waals surface area (Å²) in [6, 6.07) is 2.09. The van der Waals surface area contributed by atoms with Gasteiger partial charge >= 0.3 is 0 Å². The van der Waals surface area contributed by atoms with Gasteiger partial charge in [0.25, 0.3) is 0 Å². The van der Waals surface area contributed by atoms with Crippen molar-refractivity contribution in [1.29, 1.82) is 0 Å². The quantitative estimate of drug-likeness (QED) is 0.566. The molecule has 0 aliphatic heterocycles. The highest BCUT2D eigenvalue weighted by molar-refractivity contribution is 7.10. The summed E-state index contributed by atoms with van der Waals surface area (Å²) in [7, 11) is 0. The molecule has 0 aliphatic rings. The van der Waals surface area contributed by atoms with Crippen molar-refractivity contribution in [2.45, 2.75) is 19.8 Å². The molecule has 1 rings (SSSR count). The zero-order chi connectivity index (χ0) is 11.1. The predicted octanol–water partition coefficient (Wildman–Crippen LogP) is 3.21. The molecule has 1 aromatic rings. The summed E-state index contributed by atoms with van der Waals surface area (Å²) in [5, 5.41) is 2.12. The summed E-state index contributed by atoms with van der Waals surface area (Å²) in [6.07, 6.45) is 0. The molecule has 0 bridgehead atoms. The van der Waals surface area contributed by atoms with Gasteiger partial charge in [0.2, 0.25) is 0 Å². The molecule has 1 heterocycles. The van der Waals surface area contributed by atoms with Crippen LogP contribution in [-0.4, -0.2) is 19.9 Å². The van der Waals surface area contributed by atoms with Crippen molar-refractivity contribution >= 4 is 11.3 Å². The van der Waals surface area contributed by atoms with Gasteiger partial charge < -0.3 is 4.74 Å². The summed E-state index contributed by atoms with van der Waals surface area (Å²) in [5.74, 6) is 6.40. The van der Waals surface area contributed by atoms with E-state index in [4.69, 9.17) is 4.74 Å². The predicted molar refractivity (Wildman–Crippen MR) is 62.1 cm³/mol. The first-order valence-electron chi connectivity index (χ1n) is 4.95. The van der Waals surface area contributed by atoms with E-state index in [-0.39, 0.29) is 6.61 Å². The van der Waals surface area contributed by atoms with Gasteiger partial charge in [0.1, 0.15) is 13.3 Å². The van der Waals surface area contributed by atoms with Crippen LogP contribution in [0, 0.1) is 11.8 Å². The number of hydrogen-bond donors (Lipinski definition) is 0. The van der Waals surface area contributed by atoms with E-state index in [1.165, 1.54) is 5.56 Å². The molecule has 0 saturated carbocycles. The lowest BCUT2D eigenvalue weighted by atomic mass is 10.1. The van der Waals surface area contributed by atoms with Crippen molar-refractivity contribution in [3.63, 3.8) is 0 Å². The van der Waals surface area contributed by atoms with Gasteiger partial charge in [0, 0.05) is 0 Å². The lowest BCUT2D eigenvalue weighted by Gasteiger charge is -1.96. The van der Waals surface area contributed by atoms with E-state index >= 15 is 0 Å². The maximum absolute atomic E-state index is 11.7. The van der Waals surface area contributed by atoms with Crippen LogP contribution in [0.4, 0.5) is 4.39 Å². The average molecular weight is 226 g/mol. The Morgan fingerprint density at radius 1 is 1.53 bits per heavy atom. The highest BCUT2D eigenvalue weighted by Gasteiger charge is 2.00. The van der Waals surface area contributed by atoms with E-state index in [0.717, 1.165) is 4.88 Å². The van der Waals surface area contributed by atoms with Crippen molar-refractivity contribution in [1.82, 2.24) is 0 Å². The minimum atomic E-state index is -0.446. The number of rotatable bonds is 4. The van der Waals surface area contributed by atoms with Crippen LogP contribution < -0.4 is 0 Å². The molecule has 1 nitrogen and oxygen atoms in total. The van der Waals surface area contributed by atoms with Gasteiger partial charge in [0.15, 0.2) is 0 Å². The molecule has 0 atom stereocenters. The smallest absolute Gasteiger partial charge is 0.113 e. The normalized spacial score (nSPS) is 10.1. The third-order valence-corrected chi connectivity index (χ3v) is 2.76. The molecular weight excluding hydrogens is 211 g/mol. The number of ether oxygens (including phenoxy) is 1. The third-order valence-electron chi connectivity index (χ3n) is 1.89. The first-order chi connectivity index (χ1) is 7.24. The van der Waals surface area contributed by atoms with Crippen LogP contribution in [0.1, 0.15) is 30.2 Å². The van der Waals surface area contributed by atoms with Gasteiger partial charge in [-0.05, 0) is 22.9 Å². The van der Waals surface area contributed by atoms with Gasteiger partial charge in [-0.15, -0.1) is 11.3 Å². The standard InChI is InChI=1S/C12H15FOS/c1-10(2)11-8-12(15-9-11)4-3-6-14-7-5-13/h8-10H,5-7H2,1-2H3. The molecule has 0 N–H and O–H groups in total. The third kappa shape index (κ3) is 4.46. The maximum atomic E-state index is 11.7. The number of thiophene rings is 1. The van der Waals surface area contributed by atoms with Crippen molar-refractivity contribution in [2.24, 2.45) is 0 Å². The van der Waals surface area contributed by atoms with Crippen molar-refractivity contribution in [3.8, 4) is 11.8 Å². The van der Waals surface area contributed by atoms with Gasteiger partial charge in [-0.3, -0.25) is 0 Å². The molecule has 0 amide bonds.